The van der Waals surface area contributed by atoms with Crippen LogP contribution in [0.25, 0.3) is 10.9 Å². The van der Waals surface area contributed by atoms with Crippen LogP contribution in [0, 0.1) is 6.92 Å². The SMILES string of the molecule is Cc1cc(Nc2ncnc3ccc(NC4=NCC5(CCNCC5)O4)cc23)ccc1OCc1ccccn1. The Bertz CT molecular complexity index is 1440. The van der Waals surface area contributed by atoms with Crippen LogP contribution < -0.4 is 20.7 Å². The lowest BCUT2D eigenvalue weighted by atomic mass is 9.93. The van der Waals surface area contributed by atoms with E-state index in [4.69, 9.17) is 9.47 Å². The van der Waals surface area contributed by atoms with E-state index in [9.17, 15) is 0 Å². The van der Waals surface area contributed by atoms with Crippen LogP contribution in [0.2, 0.25) is 0 Å². The lowest BCUT2D eigenvalue weighted by Gasteiger charge is -2.32. The Kier molecular flexibility index (Phi) is 6.28. The van der Waals surface area contributed by atoms with E-state index < -0.39 is 0 Å². The average Bonchev–Trinajstić information content (AvgIpc) is 3.30. The summed E-state index contributed by atoms with van der Waals surface area (Å²) in [5.41, 5.74) is 4.37. The quantitative estimate of drug-likeness (QED) is 0.357. The fraction of sp³-hybridized carbons (Fsp3) is 0.286. The number of fused-ring (bicyclic) bond motifs is 1. The van der Waals surface area contributed by atoms with Crippen molar-refractivity contribution in [2.75, 3.05) is 30.3 Å². The Balaban J connectivity index is 1.17. The molecule has 0 amide bonds. The molecule has 1 spiro atoms. The Morgan fingerprint density at radius 2 is 1.84 bits per heavy atom. The van der Waals surface area contributed by atoms with Crippen molar-refractivity contribution in [1.29, 1.82) is 0 Å². The van der Waals surface area contributed by atoms with Crippen molar-refractivity contribution in [3.63, 3.8) is 0 Å². The Morgan fingerprint density at radius 3 is 2.68 bits per heavy atom. The van der Waals surface area contributed by atoms with Crippen LogP contribution in [-0.4, -0.2) is 46.2 Å². The molecule has 0 unspecified atom stereocenters. The van der Waals surface area contributed by atoms with Gasteiger partial charge in [0.25, 0.3) is 6.02 Å². The zero-order valence-corrected chi connectivity index (χ0v) is 20.7. The summed E-state index contributed by atoms with van der Waals surface area (Å²) < 4.78 is 12.2. The predicted molar refractivity (Wildman–Crippen MR) is 144 cm³/mol. The molecule has 0 aliphatic carbocycles. The largest absolute Gasteiger partial charge is 0.487 e. The van der Waals surface area contributed by atoms with E-state index in [2.05, 4.69) is 35.9 Å². The second-order valence-electron chi connectivity index (χ2n) is 9.45. The number of amidine groups is 1. The molecule has 4 heterocycles. The normalized spacial score (nSPS) is 16.3. The highest BCUT2D eigenvalue weighted by Crippen LogP contribution is 2.31. The van der Waals surface area contributed by atoms with Crippen LogP contribution in [0.15, 0.2) is 72.1 Å². The molecule has 4 aromatic rings. The molecule has 1 fully saturated rings. The van der Waals surface area contributed by atoms with Gasteiger partial charge in [-0.25, -0.2) is 15.0 Å². The number of ether oxygens (including phenoxy) is 2. The number of rotatable bonds is 6. The molecule has 188 valence electrons. The molecule has 37 heavy (non-hydrogen) atoms. The topological polar surface area (TPSA) is 106 Å². The van der Waals surface area contributed by atoms with Gasteiger partial charge in [0.05, 0.1) is 17.8 Å². The number of nitrogens with zero attached hydrogens (tertiary/aromatic N) is 4. The molecular formula is C28H29N7O2. The molecule has 9 heteroatoms. The number of aliphatic imine (C=N–C) groups is 1. The second kappa shape index (κ2) is 10.0. The van der Waals surface area contributed by atoms with E-state index >= 15 is 0 Å². The number of anilines is 3. The Morgan fingerprint density at radius 1 is 0.973 bits per heavy atom. The lowest BCUT2D eigenvalue weighted by Crippen LogP contribution is -2.45. The number of aromatic nitrogens is 3. The summed E-state index contributed by atoms with van der Waals surface area (Å²) in [5, 5.41) is 11.1. The van der Waals surface area contributed by atoms with Gasteiger partial charge in [-0.3, -0.25) is 4.98 Å². The minimum absolute atomic E-state index is 0.175. The molecule has 0 saturated carbocycles. The molecule has 9 nitrogen and oxygen atoms in total. The van der Waals surface area contributed by atoms with E-state index in [0.717, 1.165) is 71.0 Å². The summed E-state index contributed by atoms with van der Waals surface area (Å²) in [7, 11) is 0. The van der Waals surface area contributed by atoms with Crippen molar-refractivity contribution in [2.24, 2.45) is 4.99 Å². The second-order valence-corrected chi connectivity index (χ2v) is 9.45. The molecule has 2 aromatic heterocycles. The summed E-state index contributed by atoms with van der Waals surface area (Å²) in [6.45, 7) is 5.07. The first-order valence-corrected chi connectivity index (χ1v) is 12.5. The van der Waals surface area contributed by atoms with Gasteiger partial charge >= 0.3 is 0 Å². The van der Waals surface area contributed by atoms with Crippen LogP contribution >= 0.6 is 0 Å². The summed E-state index contributed by atoms with van der Waals surface area (Å²) in [6.07, 6.45) is 5.27. The molecule has 2 aliphatic rings. The first kappa shape index (κ1) is 23.2. The number of aryl methyl sites for hydroxylation is 1. The summed E-state index contributed by atoms with van der Waals surface area (Å²) in [4.78, 5) is 17.9. The van der Waals surface area contributed by atoms with Gasteiger partial charge in [-0.2, -0.15) is 0 Å². The maximum absolute atomic E-state index is 6.24. The number of piperidine rings is 1. The minimum atomic E-state index is -0.175. The van der Waals surface area contributed by atoms with Gasteiger partial charge in [0.15, 0.2) is 0 Å². The maximum Gasteiger partial charge on any atom is 0.289 e. The molecule has 2 aliphatic heterocycles. The van der Waals surface area contributed by atoms with E-state index in [0.29, 0.717) is 19.2 Å². The smallest absolute Gasteiger partial charge is 0.289 e. The molecule has 6 rings (SSSR count). The molecular weight excluding hydrogens is 466 g/mol. The zero-order valence-electron chi connectivity index (χ0n) is 20.7. The van der Waals surface area contributed by atoms with Gasteiger partial charge in [-0.15, -0.1) is 0 Å². The third-order valence-corrected chi connectivity index (χ3v) is 6.76. The Hall–Kier alpha value is -4.24. The van der Waals surface area contributed by atoms with Gasteiger partial charge in [-0.05, 0) is 74.1 Å². The number of nitrogens with one attached hydrogen (secondary N) is 3. The van der Waals surface area contributed by atoms with Crippen molar-refractivity contribution >= 4 is 34.1 Å². The van der Waals surface area contributed by atoms with Gasteiger partial charge in [-0.1, -0.05) is 6.07 Å². The van der Waals surface area contributed by atoms with Crippen LogP contribution in [0.3, 0.4) is 0 Å². The zero-order chi connectivity index (χ0) is 25.1. The maximum atomic E-state index is 6.24. The van der Waals surface area contributed by atoms with Gasteiger partial charge in [0, 0.05) is 35.8 Å². The van der Waals surface area contributed by atoms with Crippen LogP contribution in [0.4, 0.5) is 17.2 Å². The molecule has 2 aromatic carbocycles. The fourth-order valence-corrected chi connectivity index (χ4v) is 4.71. The number of pyridine rings is 1. The molecule has 0 bridgehead atoms. The number of hydrogen-bond donors (Lipinski definition) is 3. The van der Waals surface area contributed by atoms with Crippen LogP contribution in [0.5, 0.6) is 5.75 Å². The van der Waals surface area contributed by atoms with Crippen molar-refractivity contribution in [3.8, 4) is 5.75 Å². The van der Waals surface area contributed by atoms with Gasteiger partial charge in [0.2, 0.25) is 0 Å². The fourth-order valence-electron chi connectivity index (χ4n) is 4.71. The third kappa shape index (κ3) is 5.17. The first-order chi connectivity index (χ1) is 18.2. The van der Waals surface area contributed by atoms with Crippen molar-refractivity contribution < 1.29 is 9.47 Å². The van der Waals surface area contributed by atoms with Gasteiger partial charge in [0.1, 0.15) is 30.1 Å². The first-order valence-electron chi connectivity index (χ1n) is 12.5. The number of benzene rings is 2. The van der Waals surface area contributed by atoms with Crippen LogP contribution in [-0.2, 0) is 11.3 Å². The van der Waals surface area contributed by atoms with E-state index in [1.807, 2.05) is 61.5 Å². The van der Waals surface area contributed by atoms with Crippen molar-refractivity contribution in [3.05, 3.63) is 78.4 Å². The highest BCUT2D eigenvalue weighted by atomic mass is 16.5. The lowest BCUT2D eigenvalue weighted by molar-refractivity contribution is 0.0537. The van der Waals surface area contributed by atoms with Crippen molar-refractivity contribution in [2.45, 2.75) is 32.0 Å². The van der Waals surface area contributed by atoms with E-state index in [-0.39, 0.29) is 5.60 Å². The van der Waals surface area contributed by atoms with Crippen LogP contribution in [0.1, 0.15) is 24.1 Å². The standard InChI is InChI=1S/C28H29N7O2/c1-19-14-20(6-8-25(19)36-16-22-4-2-3-11-30-22)34-26-23-15-21(5-7-24(23)32-18-33-26)35-27-31-17-28(37-27)9-12-29-13-10-28/h2-8,11,14-15,18,29H,9-10,12-13,16-17H2,1H3,(H,31,35)(H,32,33,34). The average molecular weight is 496 g/mol. The highest BCUT2D eigenvalue weighted by Gasteiger charge is 2.39. The third-order valence-electron chi connectivity index (χ3n) is 6.76. The van der Waals surface area contributed by atoms with Crippen molar-refractivity contribution in [1.82, 2.24) is 20.3 Å². The summed E-state index contributed by atoms with van der Waals surface area (Å²) in [5.74, 6) is 1.54. The predicted octanol–water partition coefficient (Wildman–Crippen LogP) is 4.58. The molecule has 0 atom stereocenters. The molecule has 0 radical (unpaired) electrons. The summed E-state index contributed by atoms with van der Waals surface area (Å²) in [6, 6.07) is 18.3. The number of hydrogen-bond acceptors (Lipinski definition) is 9. The van der Waals surface area contributed by atoms with E-state index in [1.54, 1.807) is 12.5 Å². The molecule has 1 saturated heterocycles. The highest BCUT2D eigenvalue weighted by molar-refractivity contribution is 5.97. The molecule has 3 N–H and O–H groups in total. The Labute approximate surface area is 215 Å². The van der Waals surface area contributed by atoms with Gasteiger partial charge < -0.3 is 25.4 Å². The minimum Gasteiger partial charge on any atom is -0.487 e. The van der Waals surface area contributed by atoms with E-state index in [1.165, 1.54) is 0 Å². The summed E-state index contributed by atoms with van der Waals surface area (Å²) >= 11 is 0. The monoisotopic (exact) mass is 495 g/mol.